The Kier molecular flexibility index (Phi) is 5.27. The molecule has 0 bridgehead atoms. The van der Waals surface area contributed by atoms with Gasteiger partial charge in [-0.1, -0.05) is 53.1 Å². The van der Waals surface area contributed by atoms with Crippen LogP contribution in [-0.2, 0) is 6.61 Å². The molecule has 0 unspecified atom stereocenters. The fourth-order valence-electron chi connectivity index (χ4n) is 1.72. The molecule has 2 nitrogen and oxygen atoms in total. The Balaban J connectivity index is 2.27. The van der Waals surface area contributed by atoms with Crippen LogP contribution in [0.25, 0.3) is 0 Å². The summed E-state index contributed by atoms with van der Waals surface area (Å²) >= 11 is 22.8. The monoisotopic (exact) mass is 363 g/mol. The summed E-state index contributed by atoms with van der Waals surface area (Å²) in [6.45, 7) is 0.0913. The highest BCUT2D eigenvalue weighted by atomic mass is 35.5. The third kappa shape index (κ3) is 3.98. The van der Waals surface area contributed by atoms with Gasteiger partial charge in [0, 0.05) is 10.6 Å². The molecule has 0 spiro atoms. The zero-order valence-corrected chi connectivity index (χ0v) is 13.6. The Bertz CT molecular complexity index is 686. The van der Waals surface area contributed by atoms with Gasteiger partial charge >= 0.3 is 0 Å². The molecule has 0 fully saturated rings. The van der Waals surface area contributed by atoms with Crippen molar-refractivity contribution in [1.29, 1.82) is 0 Å². The topological polar surface area (TPSA) is 35.2 Å². The maximum Gasteiger partial charge on any atom is 0.157 e. The van der Waals surface area contributed by atoms with Crippen molar-refractivity contribution in [2.45, 2.75) is 6.61 Å². The number of thiocarbonyl (C=S) groups is 1. The lowest BCUT2D eigenvalue weighted by Gasteiger charge is -2.13. The van der Waals surface area contributed by atoms with Gasteiger partial charge in [-0.05, 0) is 29.8 Å². The molecule has 2 N–H and O–H groups in total. The molecule has 0 aliphatic carbocycles. The molecule has 110 valence electrons. The number of nitrogens with two attached hydrogens (primary N) is 1. The minimum atomic E-state index is -0.427. The van der Waals surface area contributed by atoms with E-state index in [4.69, 9.17) is 57.5 Å². The van der Waals surface area contributed by atoms with E-state index in [0.29, 0.717) is 21.9 Å². The molecule has 0 heterocycles. The minimum absolute atomic E-state index is 0.0846. The molecule has 0 radical (unpaired) electrons. The van der Waals surface area contributed by atoms with E-state index in [9.17, 15) is 4.39 Å². The van der Waals surface area contributed by atoms with Crippen molar-refractivity contribution in [2.75, 3.05) is 0 Å². The van der Waals surface area contributed by atoms with E-state index in [-0.39, 0.29) is 21.6 Å². The molecule has 2 aromatic carbocycles. The highest BCUT2D eigenvalue weighted by Gasteiger charge is 2.12. The highest BCUT2D eigenvalue weighted by Crippen LogP contribution is 2.36. The lowest BCUT2D eigenvalue weighted by molar-refractivity contribution is 0.306. The molecule has 2 rings (SSSR count). The first-order valence-corrected chi connectivity index (χ1v) is 7.28. The first-order valence-electron chi connectivity index (χ1n) is 5.74. The highest BCUT2D eigenvalue weighted by molar-refractivity contribution is 7.80. The fraction of sp³-hybridized carbons (Fsp3) is 0.0714. The smallest absolute Gasteiger partial charge is 0.157 e. The quantitative estimate of drug-likeness (QED) is 0.775. The van der Waals surface area contributed by atoms with E-state index in [1.165, 1.54) is 24.3 Å². The molecule has 2 aromatic rings. The average Bonchev–Trinajstić information content (AvgIpc) is 2.38. The third-order valence-electron chi connectivity index (χ3n) is 2.67. The van der Waals surface area contributed by atoms with E-state index in [1.54, 1.807) is 6.07 Å². The molecule has 21 heavy (non-hydrogen) atoms. The lowest BCUT2D eigenvalue weighted by Crippen LogP contribution is -2.14. The number of hydrogen-bond acceptors (Lipinski definition) is 2. The van der Waals surface area contributed by atoms with Gasteiger partial charge in [0.15, 0.2) is 5.75 Å². The molecule has 0 aliphatic rings. The summed E-state index contributed by atoms with van der Waals surface area (Å²) in [5, 5.41) is 0.973. The van der Waals surface area contributed by atoms with Crippen LogP contribution in [0.5, 0.6) is 5.75 Å². The summed E-state index contributed by atoms with van der Waals surface area (Å²) in [4.78, 5) is 0.0846. The summed E-state index contributed by atoms with van der Waals surface area (Å²) in [5.41, 5.74) is 6.61. The van der Waals surface area contributed by atoms with Crippen LogP contribution in [0.4, 0.5) is 4.39 Å². The fourth-order valence-corrected chi connectivity index (χ4v) is 2.84. The number of rotatable bonds is 4. The second-order valence-corrected chi connectivity index (χ2v) is 5.84. The van der Waals surface area contributed by atoms with Crippen molar-refractivity contribution in [2.24, 2.45) is 5.73 Å². The molecule has 0 saturated carbocycles. The van der Waals surface area contributed by atoms with Gasteiger partial charge < -0.3 is 10.5 Å². The Morgan fingerprint density at radius 1 is 1.14 bits per heavy atom. The summed E-state index contributed by atoms with van der Waals surface area (Å²) in [6.07, 6.45) is 0. The Hall–Kier alpha value is -1.07. The first-order chi connectivity index (χ1) is 9.88. The normalized spacial score (nSPS) is 10.5. The van der Waals surface area contributed by atoms with Gasteiger partial charge in [-0.2, -0.15) is 0 Å². The average molecular weight is 365 g/mol. The molecule has 0 atom stereocenters. The van der Waals surface area contributed by atoms with Crippen molar-refractivity contribution >= 4 is 52.0 Å². The maximum absolute atomic E-state index is 13.2. The predicted molar refractivity (Wildman–Crippen MR) is 88.1 cm³/mol. The van der Waals surface area contributed by atoms with Gasteiger partial charge in [-0.3, -0.25) is 0 Å². The van der Waals surface area contributed by atoms with Crippen LogP contribution in [0, 0.1) is 5.82 Å². The minimum Gasteiger partial charge on any atom is -0.486 e. The second kappa shape index (κ2) is 6.79. The van der Waals surface area contributed by atoms with E-state index < -0.39 is 5.82 Å². The lowest BCUT2D eigenvalue weighted by atomic mass is 10.1. The number of benzene rings is 2. The Morgan fingerprint density at radius 2 is 1.76 bits per heavy atom. The van der Waals surface area contributed by atoms with Crippen LogP contribution in [0.15, 0.2) is 30.3 Å². The maximum atomic E-state index is 13.2. The van der Waals surface area contributed by atoms with Crippen molar-refractivity contribution in [3.05, 3.63) is 62.3 Å². The Morgan fingerprint density at radius 3 is 2.33 bits per heavy atom. The van der Waals surface area contributed by atoms with Crippen LogP contribution in [0.3, 0.4) is 0 Å². The Labute approximate surface area is 141 Å². The molecule has 0 aromatic heterocycles. The van der Waals surface area contributed by atoms with Gasteiger partial charge in [-0.25, -0.2) is 4.39 Å². The summed E-state index contributed by atoms with van der Waals surface area (Å²) in [7, 11) is 0. The van der Waals surface area contributed by atoms with E-state index >= 15 is 0 Å². The van der Waals surface area contributed by atoms with Gasteiger partial charge in [0.1, 0.15) is 17.4 Å². The van der Waals surface area contributed by atoms with Crippen molar-refractivity contribution in [3.8, 4) is 5.75 Å². The summed E-state index contributed by atoms with van der Waals surface area (Å²) in [5.74, 6) is -0.134. The van der Waals surface area contributed by atoms with E-state index in [1.807, 2.05) is 0 Å². The summed E-state index contributed by atoms with van der Waals surface area (Å²) in [6, 6.07) is 7.13. The third-order valence-corrected chi connectivity index (χ3v) is 3.67. The van der Waals surface area contributed by atoms with Crippen molar-refractivity contribution in [3.63, 3.8) is 0 Å². The molecule has 0 aliphatic heterocycles. The zero-order chi connectivity index (χ0) is 15.6. The van der Waals surface area contributed by atoms with Gasteiger partial charge in [-0.15, -0.1) is 0 Å². The van der Waals surface area contributed by atoms with Crippen LogP contribution >= 0.6 is 47.0 Å². The number of halogens is 4. The van der Waals surface area contributed by atoms with Gasteiger partial charge in [0.2, 0.25) is 0 Å². The first kappa shape index (κ1) is 16.3. The summed E-state index contributed by atoms with van der Waals surface area (Å²) < 4.78 is 18.8. The SMILES string of the molecule is NC(=S)c1cc(F)ccc1COc1c(Cl)cc(Cl)cc1Cl. The molecular formula is C14H9Cl3FNOS. The predicted octanol–water partition coefficient (Wildman–Crippen LogP) is 5.00. The van der Waals surface area contributed by atoms with Gasteiger partial charge in [0.25, 0.3) is 0 Å². The molecule has 0 amide bonds. The number of hydrogen-bond donors (Lipinski definition) is 1. The largest absolute Gasteiger partial charge is 0.486 e. The van der Waals surface area contributed by atoms with Crippen LogP contribution in [0.1, 0.15) is 11.1 Å². The molecule has 0 saturated heterocycles. The molecular weight excluding hydrogens is 356 g/mol. The zero-order valence-electron chi connectivity index (χ0n) is 10.5. The van der Waals surface area contributed by atoms with E-state index in [2.05, 4.69) is 0 Å². The van der Waals surface area contributed by atoms with Crippen molar-refractivity contribution in [1.82, 2.24) is 0 Å². The van der Waals surface area contributed by atoms with Crippen LogP contribution in [-0.4, -0.2) is 4.99 Å². The standard InChI is InChI=1S/C14H9Cl3FNOS/c15-8-3-11(16)13(12(17)4-8)20-6-7-1-2-9(18)5-10(7)14(19)21/h1-5H,6H2,(H2,19,21). The van der Waals surface area contributed by atoms with Crippen LogP contribution < -0.4 is 10.5 Å². The number of ether oxygens (including phenoxy) is 1. The van der Waals surface area contributed by atoms with Gasteiger partial charge in [0.05, 0.1) is 10.0 Å². The second-order valence-electron chi connectivity index (χ2n) is 4.15. The van der Waals surface area contributed by atoms with Crippen LogP contribution in [0.2, 0.25) is 15.1 Å². The van der Waals surface area contributed by atoms with E-state index in [0.717, 1.165) is 0 Å². The van der Waals surface area contributed by atoms with Crippen molar-refractivity contribution < 1.29 is 9.13 Å². The molecule has 7 heteroatoms.